The number of nitrogens with one attached hydrogen (secondary N) is 1. The van der Waals surface area contributed by atoms with Crippen LogP contribution in [0.2, 0.25) is 0 Å². The van der Waals surface area contributed by atoms with Gasteiger partial charge in [0.15, 0.2) is 11.5 Å². The van der Waals surface area contributed by atoms with E-state index >= 15 is 0 Å². The second kappa shape index (κ2) is 10.0. The molecule has 0 fully saturated rings. The van der Waals surface area contributed by atoms with E-state index in [1.807, 2.05) is 13.0 Å². The molecule has 0 aliphatic carbocycles. The summed E-state index contributed by atoms with van der Waals surface area (Å²) in [5, 5.41) is 3.33. The second-order valence-electron chi connectivity index (χ2n) is 5.21. The van der Waals surface area contributed by atoms with Crippen LogP contribution in [-0.4, -0.2) is 33.5 Å². The van der Waals surface area contributed by atoms with Crippen molar-refractivity contribution in [2.24, 2.45) is 5.92 Å². The smallest absolute Gasteiger partial charge is 0.175 e. The maximum absolute atomic E-state index is 5.87. The van der Waals surface area contributed by atoms with Gasteiger partial charge in [-0.25, -0.2) is 0 Å². The SMILES string of the molecule is CCOc1cc(CNCCOC)cc(Br)c1OCC(C)C. The molecule has 0 saturated heterocycles. The number of methoxy groups -OCH3 is 1. The van der Waals surface area contributed by atoms with Crippen LogP contribution in [0.3, 0.4) is 0 Å². The third-order valence-electron chi connectivity index (χ3n) is 2.74. The molecular weight excluding hydrogens is 334 g/mol. The van der Waals surface area contributed by atoms with Gasteiger partial charge in [-0.2, -0.15) is 0 Å². The van der Waals surface area contributed by atoms with Crippen LogP contribution < -0.4 is 14.8 Å². The molecule has 1 aromatic rings. The highest BCUT2D eigenvalue weighted by Gasteiger charge is 2.12. The van der Waals surface area contributed by atoms with Crippen molar-refractivity contribution in [3.05, 3.63) is 22.2 Å². The zero-order valence-corrected chi connectivity index (χ0v) is 15.0. The van der Waals surface area contributed by atoms with Gasteiger partial charge in [-0.05, 0) is 46.5 Å². The normalized spacial score (nSPS) is 11.0. The van der Waals surface area contributed by atoms with Crippen molar-refractivity contribution in [2.45, 2.75) is 27.3 Å². The summed E-state index contributed by atoms with van der Waals surface area (Å²) >= 11 is 3.58. The molecule has 0 aliphatic heterocycles. The number of rotatable bonds is 10. The highest BCUT2D eigenvalue weighted by Crippen LogP contribution is 2.37. The van der Waals surface area contributed by atoms with Crippen molar-refractivity contribution in [1.29, 1.82) is 0 Å². The fourth-order valence-electron chi connectivity index (χ4n) is 1.78. The van der Waals surface area contributed by atoms with Crippen molar-refractivity contribution in [1.82, 2.24) is 5.32 Å². The monoisotopic (exact) mass is 359 g/mol. The molecule has 0 heterocycles. The van der Waals surface area contributed by atoms with Crippen LogP contribution >= 0.6 is 15.9 Å². The lowest BCUT2D eigenvalue weighted by Crippen LogP contribution is -2.18. The van der Waals surface area contributed by atoms with Crippen molar-refractivity contribution in [3.63, 3.8) is 0 Å². The van der Waals surface area contributed by atoms with Gasteiger partial charge in [0.05, 0.1) is 24.3 Å². The minimum Gasteiger partial charge on any atom is -0.490 e. The van der Waals surface area contributed by atoms with E-state index in [0.29, 0.717) is 25.7 Å². The molecule has 0 atom stereocenters. The highest BCUT2D eigenvalue weighted by atomic mass is 79.9. The third-order valence-corrected chi connectivity index (χ3v) is 3.33. The summed E-state index contributed by atoms with van der Waals surface area (Å²) in [4.78, 5) is 0. The second-order valence-corrected chi connectivity index (χ2v) is 6.07. The predicted octanol–water partition coefficient (Wildman–Crippen LogP) is 3.62. The number of ether oxygens (including phenoxy) is 3. The molecule has 0 radical (unpaired) electrons. The van der Waals surface area contributed by atoms with Crippen LogP contribution in [0.15, 0.2) is 16.6 Å². The van der Waals surface area contributed by atoms with Crippen LogP contribution in [0.1, 0.15) is 26.3 Å². The molecule has 0 aliphatic rings. The molecular formula is C16H26BrNO3. The number of hydrogen-bond donors (Lipinski definition) is 1. The Morgan fingerprint density at radius 2 is 2.00 bits per heavy atom. The molecule has 0 aromatic heterocycles. The summed E-state index contributed by atoms with van der Waals surface area (Å²) in [5.74, 6) is 2.05. The van der Waals surface area contributed by atoms with Crippen LogP contribution in [0.4, 0.5) is 0 Å². The van der Waals surface area contributed by atoms with Crippen molar-refractivity contribution < 1.29 is 14.2 Å². The van der Waals surface area contributed by atoms with Crippen LogP contribution in [0, 0.1) is 5.92 Å². The van der Waals surface area contributed by atoms with E-state index in [4.69, 9.17) is 14.2 Å². The van der Waals surface area contributed by atoms with Gasteiger partial charge in [-0.3, -0.25) is 0 Å². The minimum absolute atomic E-state index is 0.474. The Morgan fingerprint density at radius 1 is 1.24 bits per heavy atom. The summed E-state index contributed by atoms with van der Waals surface area (Å²) < 4.78 is 17.5. The van der Waals surface area contributed by atoms with Crippen molar-refractivity contribution in [3.8, 4) is 11.5 Å². The largest absolute Gasteiger partial charge is 0.490 e. The van der Waals surface area contributed by atoms with Crippen LogP contribution in [-0.2, 0) is 11.3 Å². The lowest BCUT2D eigenvalue weighted by atomic mass is 10.2. The van der Waals surface area contributed by atoms with Crippen molar-refractivity contribution in [2.75, 3.05) is 33.5 Å². The summed E-state index contributed by atoms with van der Waals surface area (Å²) in [6.07, 6.45) is 0. The maximum Gasteiger partial charge on any atom is 0.175 e. The Labute approximate surface area is 136 Å². The first-order valence-corrected chi connectivity index (χ1v) is 8.15. The molecule has 1 aromatic carbocycles. The lowest BCUT2D eigenvalue weighted by molar-refractivity contribution is 0.199. The number of halogens is 1. The average Bonchev–Trinajstić information content (AvgIpc) is 2.43. The molecule has 1 N–H and O–H groups in total. The molecule has 0 bridgehead atoms. The van der Waals surface area contributed by atoms with Crippen LogP contribution in [0.5, 0.6) is 11.5 Å². The Hall–Kier alpha value is -0.780. The van der Waals surface area contributed by atoms with Crippen LogP contribution in [0.25, 0.3) is 0 Å². The van der Waals surface area contributed by atoms with E-state index in [1.165, 1.54) is 0 Å². The molecule has 0 spiro atoms. The molecule has 4 nitrogen and oxygen atoms in total. The summed E-state index contributed by atoms with van der Waals surface area (Å²) in [6.45, 7) is 9.81. The van der Waals surface area contributed by atoms with Crippen molar-refractivity contribution >= 4 is 15.9 Å². The first-order valence-electron chi connectivity index (χ1n) is 7.36. The average molecular weight is 360 g/mol. The first-order chi connectivity index (χ1) is 10.1. The molecule has 120 valence electrons. The number of benzene rings is 1. The van der Waals surface area contributed by atoms with Gasteiger partial charge in [-0.1, -0.05) is 13.8 Å². The molecule has 0 amide bonds. The first kappa shape index (κ1) is 18.3. The molecule has 0 unspecified atom stereocenters. The van der Waals surface area contributed by atoms with Gasteiger partial charge in [0, 0.05) is 20.2 Å². The summed E-state index contributed by atoms with van der Waals surface area (Å²) in [7, 11) is 1.70. The fourth-order valence-corrected chi connectivity index (χ4v) is 2.39. The molecule has 1 rings (SSSR count). The zero-order valence-electron chi connectivity index (χ0n) is 13.4. The Bertz CT molecular complexity index is 424. The molecule has 21 heavy (non-hydrogen) atoms. The van der Waals surface area contributed by atoms with E-state index in [-0.39, 0.29) is 0 Å². The molecule has 5 heteroatoms. The zero-order chi connectivity index (χ0) is 15.7. The Balaban J connectivity index is 2.79. The Kier molecular flexibility index (Phi) is 8.73. The van der Waals surface area contributed by atoms with Gasteiger partial charge in [-0.15, -0.1) is 0 Å². The van der Waals surface area contributed by atoms with E-state index in [2.05, 4.69) is 41.2 Å². The van der Waals surface area contributed by atoms with E-state index < -0.39 is 0 Å². The van der Waals surface area contributed by atoms with Gasteiger partial charge >= 0.3 is 0 Å². The number of hydrogen-bond acceptors (Lipinski definition) is 4. The van der Waals surface area contributed by atoms with E-state index in [1.54, 1.807) is 7.11 Å². The van der Waals surface area contributed by atoms with Gasteiger partial charge in [0.25, 0.3) is 0 Å². The molecule has 0 saturated carbocycles. The maximum atomic E-state index is 5.87. The third kappa shape index (κ3) is 6.68. The standard InChI is InChI=1S/C16H26BrNO3/c1-5-20-15-9-13(10-18-6-7-19-4)8-14(17)16(15)21-11-12(2)3/h8-9,12,18H,5-7,10-11H2,1-4H3. The highest BCUT2D eigenvalue weighted by molar-refractivity contribution is 9.10. The van der Waals surface area contributed by atoms with Gasteiger partial charge in [0.1, 0.15) is 0 Å². The predicted molar refractivity (Wildman–Crippen MR) is 89.2 cm³/mol. The summed E-state index contributed by atoms with van der Waals surface area (Å²) in [6, 6.07) is 4.10. The van der Waals surface area contributed by atoms with Gasteiger partial charge in [0.2, 0.25) is 0 Å². The Morgan fingerprint density at radius 3 is 2.62 bits per heavy atom. The topological polar surface area (TPSA) is 39.7 Å². The van der Waals surface area contributed by atoms with E-state index in [9.17, 15) is 0 Å². The lowest BCUT2D eigenvalue weighted by Gasteiger charge is -2.16. The quantitative estimate of drug-likeness (QED) is 0.647. The fraction of sp³-hybridized carbons (Fsp3) is 0.625. The summed E-state index contributed by atoms with van der Waals surface area (Å²) in [5.41, 5.74) is 1.15. The van der Waals surface area contributed by atoms with E-state index in [0.717, 1.165) is 34.6 Å². The van der Waals surface area contributed by atoms with Gasteiger partial charge < -0.3 is 19.5 Å². The minimum atomic E-state index is 0.474.